The van der Waals surface area contributed by atoms with E-state index < -0.39 is 5.91 Å². The molecule has 0 saturated heterocycles. The Bertz CT molecular complexity index is 705. The molecule has 2 atom stereocenters. The van der Waals surface area contributed by atoms with E-state index in [2.05, 4.69) is 25.9 Å². The van der Waals surface area contributed by atoms with Crippen LogP contribution in [0.3, 0.4) is 0 Å². The molecule has 9 nitrogen and oxygen atoms in total. The summed E-state index contributed by atoms with van der Waals surface area (Å²) in [6, 6.07) is 0.496. The summed E-state index contributed by atoms with van der Waals surface area (Å²) in [5, 5.41) is 19.4. The first-order valence-corrected chi connectivity index (χ1v) is 10.1. The number of aliphatic hydroxyl groups is 1. The average molecular weight is 390 g/mol. The molecule has 2 aliphatic carbocycles. The van der Waals surface area contributed by atoms with Crippen molar-refractivity contribution in [1.82, 2.24) is 15.3 Å². The molecular weight excluding hydrogens is 360 g/mol. The second-order valence-electron chi connectivity index (χ2n) is 7.88. The quantitative estimate of drug-likeness (QED) is 0.490. The summed E-state index contributed by atoms with van der Waals surface area (Å²) in [7, 11) is 0. The van der Waals surface area contributed by atoms with Crippen molar-refractivity contribution in [3.63, 3.8) is 0 Å². The van der Waals surface area contributed by atoms with E-state index in [1.54, 1.807) is 0 Å². The standard InChI is InChI=1S/C19H30N6O3/c1-11(26)22-12-5-7-13(8-6-12)24-19-21-10-16(17(20)28)18(25-19)23-14-3-2-4-15(27)9-14/h10,12-15,27H,2-9H2,1H3,(H2,20,28)(H,22,26)(H2,21,23,24,25)/t12?,13?,14-,15+/m1/s1. The number of primary amides is 1. The second-order valence-corrected chi connectivity index (χ2v) is 7.88. The van der Waals surface area contributed by atoms with Crippen LogP contribution in [0.1, 0.15) is 68.6 Å². The van der Waals surface area contributed by atoms with Crippen LogP contribution in [-0.4, -0.2) is 51.1 Å². The van der Waals surface area contributed by atoms with E-state index in [9.17, 15) is 14.7 Å². The van der Waals surface area contributed by atoms with Crippen LogP contribution in [0.5, 0.6) is 0 Å². The molecule has 0 radical (unpaired) electrons. The van der Waals surface area contributed by atoms with Gasteiger partial charge in [0.2, 0.25) is 11.9 Å². The molecule has 0 bridgehead atoms. The Morgan fingerprint density at radius 2 is 1.79 bits per heavy atom. The van der Waals surface area contributed by atoms with Crippen LogP contribution >= 0.6 is 0 Å². The largest absolute Gasteiger partial charge is 0.393 e. The van der Waals surface area contributed by atoms with Gasteiger partial charge in [-0.25, -0.2) is 4.98 Å². The highest BCUT2D eigenvalue weighted by Crippen LogP contribution is 2.25. The zero-order valence-electron chi connectivity index (χ0n) is 16.3. The van der Waals surface area contributed by atoms with Crippen molar-refractivity contribution in [3.05, 3.63) is 11.8 Å². The van der Waals surface area contributed by atoms with Crippen LogP contribution in [-0.2, 0) is 4.79 Å². The fourth-order valence-corrected chi connectivity index (χ4v) is 4.08. The lowest BCUT2D eigenvalue weighted by atomic mass is 9.91. The minimum atomic E-state index is -0.582. The Balaban J connectivity index is 1.64. The van der Waals surface area contributed by atoms with E-state index in [1.165, 1.54) is 13.1 Å². The maximum absolute atomic E-state index is 11.8. The van der Waals surface area contributed by atoms with E-state index in [4.69, 9.17) is 5.73 Å². The van der Waals surface area contributed by atoms with Gasteiger partial charge in [0.1, 0.15) is 5.82 Å². The van der Waals surface area contributed by atoms with Crippen molar-refractivity contribution in [2.75, 3.05) is 10.6 Å². The molecule has 1 heterocycles. The van der Waals surface area contributed by atoms with Crippen LogP contribution in [0.2, 0.25) is 0 Å². The Hall–Kier alpha value is -2.42. The first kappa shape index (κ1) is 20.3. The van der Waals surface area contributed by atoms with Crippen LogP contribution in [0.4, 0.5) is 11.8 Å². The summed E-state index contributed by atoms with van der Waals surface area (Å²) in [4.78, 5) is 31.7. The van der Waals surface area contributed by atoms with Crippen LogP contribution in [0.25, 0.3) is 0 Å². The van der Waals surface area contributed by atoms with Gasteiger partial charge in [-0.3, -0.25) is 9.59 Å². The highest BCUT2D eigenvalue weighted by Gasteiger charge is 2.24. The molecule has 2 amide bonds. The number of hydrogen-bond acceptors (Lipinski definition) is 7. The molecule has 2 fully saturated rings. The topological polar surface area (TPSA) is 142 Å². The molecule has 0 aliphatic heterocycles. The molecule has 2 saturated carbocycles. The molecule has 154 valence electrons. The molecule has 0 unspecified atom stereocenters. The van der Waals surface area contributed by atoms with E-state index in [0.717, 1.165) is 44.9 Å². The van der Waals surface area contributed by atoms with Crippen molar-refractivity contribution < 1.29 is 14.7 Å². The first-order chi connectivity index (χ1) is 13.4. The third-order valence-corrected chi connectivity index (χ3v) is 5.51. The second kappa shape index (κ2) is 9.18. The molecule has 0 aromatic carbocycles. The number of nitrogens with one attached hydrogen (secondary N) is 3. The summed E-state index contributed by atoms with van der Waals surface area (Å²) >= 11 is 0. The zero-order chi connectivity index (χ0) is 20.1. The van der Waals surface area contributed by atoms with E-state index in [1.807, 2.05) is 0 Å². The van der Waals surface area contributed by atoms with Gasteiger partial charge in [-0.05, 0) is 51.4 Å². The number of rotatable bonds is 6. The maximum atomic E-state index is 11.8. The van der Waals surface area contributed by atoms with E-state index in [-0.39, 0.29) is 35.7 Å². The molecule has 28 heavy (non-hydrogen) atoms. The molecule has 9 heteroatoms. The summed E-state index contributed by atoms with van der Waals surface area (Å²) in [5.41, 5.74) is 5.72. The number of anilines is 2. The summed E-state index contributed by atoms with van der Waals surface area (Å²) in [6.45, 7) is 1.54. The molecular formula is C19H30N6O3. The van der Waals surface area contributed by atoms with Gasteiger partial charge in [0.15, 0.2) is 0 Å². The monoisotopic (exact) mass is 390 g/mol. The van der Waals surface area contributed by atoms with Gasteiger partial charge in [-0.1, -0.05) is 0 Å². The molecule has 2 aliphatic rings. The van der Waals surface area contributed by atoms with Gasteiger partial charge in [0.05, 0.1) is 11.7 Å². The van der Waals surface area contributed by atoms with Crippen molar-refractivity contribution in [2.24, 2.45) is 5.73 Å². The number of aliphatic hydroxyl groups excluding tert-OH is 1. The number of nitrogens with two attached hydrogens (primary N) is 1. The predicted octanol–water partition coefficient (Wildman–Crippen LogP) is 1.15. The van der Waals surface area contributed by atoms with E-state index in [0.29, 0.717) is 18.2 Å². The smallest absolute Gasteiger partial charge is 0.254 e. The molecule has 0 spiro atoms. The first-order valence-electron chi connectivity index (χ1n) is 10.1. The minimum Gasteiger partial charge on any atom is -0.393 e. The van der Waals surface area contributed by atoms with Crippen molar-refractivity contribution in [3.8, 4) is 0 Å². The third kappa shape index (κ3) is 5.54. The lowest BCUT2D eigenvalue weighted by Crippen LogP contribution is -2.39. The fourth-order valence-electron chi connectivity index (χ4n) is 4.08. The minimum absolute atomic E-state index is 0.00494. The molecule has 3 rings (SSSR count). The lowest BCUT2D eigenvalue weighted by molar-refractivity contribution is -0.119. The number of nitrogens with zero attached hydrogens (tertiary/aromatic N) is 2. The number of aromatic nitrogens is 2. The fraction of sp³-hybridized carbons (Fsp3) is 0.684. The summed E-state index contributed by atoms with van der Waals surface area (Å²) < 4.78 is 0. The van der Waals surface area contributed by atoms with Gasteiger partial charge in [-0.15, -0.1) is 0 Å². The van der Waals surface area contributed by atoms with Gasteiger partial charge >= 0.3 is 0 Å². The molecule has 6 N–H and O–H groups in total. The predicted molar refractivity (Wildman–Crippen MR) is 106 cm³/mol. The molecule has 1 aromatic heterocycles. The Morgan fingerprint density at radius 1 is 1.07 bits per heavy atom. The summed E-state index contributed by atoms with van der Waals surface area (Å²) in [6.07, 6.45) is 8.00. The highest BCUT2D eigenvalue weighted by atomic mass is 16.3. The third-order valence-electron chi connectivity index (χ3n) is 5.51. The zero-order valence-corrected chi connectivity index (χ0v) is 16.3. The Kier molecular flexibility index (Phi) is 6.66. The van der Waals surface area contributed by atoms with Crippen LogP contribution < -0.4 is 21.7 Å². The van der Waals surface area contributed by atoms with Gasteiger partial charge < -0.3 is 26.8 Å². The Morgan fingerprint density at radius 3 is 2.43 bits per heavy atom. The van der Waals surface area contributed by atoms with Crippen LogP contribution in [0.15, 0.2) is 6.20 Å². The number of amides is 2. The average Bonchev–Trinajstić information content (AvgIpc) is 2.63. The van der Waals surface area contributed by atoms with Gasteiger partial charge in [-0.2, -0.15) is 4.98 Å². The van der Waals surface area contributed by atoms with Crippen LogP contribution in [0, 0.1) is 0 Å². The van der Waals surface area contributed by atoms with Crippen molar-refractivity contribution >= 4 is 23.6 Å². The SMILES string of the molecule is CC(=O)NC1CCC(Nc2ncc(C(N)=O)c(N[C@@H]3CCC[C@H](O)C3)n2)CC1. The summed E-state index contributed by atoms with van der Waals surface area (Å²) in [5.74, 6) is 0.287. The number of carbonyl (C=O) groups excluding carboxylic acids is 2. The van der Waals surface area contributed by atoms with Crippen molar-refractivity contribution in [2.45, 2.75) is 82.5 Å². The number of hydrogen-bond donors (Lipinski definition) is 5. The number of carbonyl (C=O) groups is 2. The molecule has 1 aromatic rings. The van der Waals surface area contributed by atoms with Crippen molar-refractivity contribution in [1.29, 1.82) is 0 Å². The highest BCUT2D eigenvalue weighted by molar-refractivity contribution is 5.97. The van der Waals surface area contributed by atoms with Gasteiger partial charge in [0, 0.05) is 31.2 Å². The normalized spacial score (nSPS) is 27.6. The lowest BCUT2D eigenvalue weighted by Gasteiger charge is -2.30. The van der Waals surface area contributed by atoms with E-state index >= 15 is 0 Å². The maximum Gasteiger partial charge on any atom is 0.254 e. The Labute approximate surface area is 164 Å². The van der Waals surface area contributed by atoms with Gasteiger partial charge in [0.25, 0.3) is 5.91 Å².